The van der Waals surface area contributed by atoms with Crippen molar-refractivity contribution in [2.24, 2.45) is 5.92 Å². The van der Waals surface area contributed by atoms with E-state index in [1.54, 1.807) is 0 Å². The second kappa shape index (κ2) is 42.9. The van der Waals surface area contributed by atoms with Crippen LogP contribution in [0.5, 0.6) is 0 Å². The molecule has 0 amide bonds. The van der Waals surface area contributed by atoms with Crippen LogP contribution in [0, 0.1) is 5.92 Å². The second-order valence-electron chi connectivity index (χ2n) is 17.8. The maximum Gasteiger partial charge on any atom is 0.472 e. The number of ether oxygens (including phenoxy) is 3. The number of epoxide rings is 1. The number of rotatable bonds is 46. The molecule has 3 N–H and O–H groups in total. The fraction of sp³-hybridized carbons (Fsp3) is 0.774. The molecule has 0 aromatic rings. The maximum absolute atomic E-state index is 12.7. The van der Waals surface area contributed by atoms with Crippen LogP contribution < -0.4 is 0 Å². The lowest BCUT2D eigenvalue weighted by atomic mass is 9.99. The van der Waals surface area contributed by atoms with E-state index in [4.69, 9.17) is 28.4 Å². The monoisotopic (exact) mass is 937 g/mol. The van der Waals surface area contributed by atoms with Crippen molar-refractivity contribution in [3.63, 3.8) is 0 Å². The smallest absolute Gasteiger partial charge is 0.462 e. The molecule has 6 atom stereocenters. The van der Waals surface area contributed by atoms with Gasteiger partial charge in [-0.2, -0.15) is 0 Å². The lowest BCUT2D eigenvalue weighted by Gasteiger charge is -2.20. The molecule has 1 aliphatic rings. The van der Waals surface area contributed by atoms with E-state index in [9.17, 15) is 24.2 Å². The maximum atomic E-state index is 12.7. The Bertz CT molecular complexity index is 1340. The number of phosphoric ester groups is 1. The Morgan fingerprint density at radius 1 is 0.600 bits per heavy atom. The van der Waals surface area contributed by atoms with Gasteiger partial charge in [-0.25, -0.2) is 4.57 Å². The molecule has 4 unspecified atom stereocenters. The van der Waals surface area contributed by atoms with Crippen LogP contribution >= 0.6 is 7.82 Å². The quantitative estimate of drug-likeness (QED) is 0.0175. The van der Waals surface area contributed by atoms with Crippen molar-refractivity contribution < 1.29 is 52.5 Å². The molecule has 1 fully saturated rings. The Morgan fingerprint density at radius 3 is 1.57 bits per heavy atom. The normalized spacial score (nSPS) is 17.8. The van der Waals surface area contributed by atoms with Crippen LogP contribution in [-0.2, 0) is 37.4 Å². The standard InChI is InChI=1S/C53H93O11P/c1-4-6-33-39-50-51(64-50)40-35-30-26-22-18-15-16-19-23-27-31-36-41-52(56)60-45-49(46-62-65(58,59)61-44-48(55)43-54)63-53(57)42-37-32-28-24-20-14-12-10-8-7-9-11-13-17-21-25-29-34-38-47(3)5-2/h6,16,18-19,22,27,30-31,33,35,47-51,54-55H,4-5,7-15,17,20-21,23-26,28-29,32,34,36-46H2,1-3H3,(H,58,59)/b19-16-,22-18-,31-27-,33-6-,35-30-/t47?,48-,49+,50?,51?/m0/s1. The third-order valence-electron chi connectivity index (χ3n) is 11.6. The predicted octanol–water partition coefficient (Wildman–Crippen LogP) is 13.5. The van der Waals surface area contributed by atoms with Gasteiger partial charge in [0.1, 0.15) is 12.7 Å². The molecule has 0 saturated carbocycles. The van der Waals surface area contributed by atoms with Gasteiger partial charge in [0.25, 0.3) is 0 Å². The first-order chi connectivity index (χ1) is 31.6. The Morgan fingerprint density at radius 2 is 1.06 bits per heavy atom. The largest absolute Gasteiger partial charge is 0.472 e. The number of esters is 2. The predicted molar refractivity (Wildman–Crippen MR) is 264 cm³/mol. The van der Waals surface area contributed by atoms with Crippen molar-refractivity contribution >= 4 is 19.8 Å². The van der Waals surface area contributed by atoms with Gasteiger partial charge < -0.3 is 29.3 Å². The third-order valence-corrected chi connectivity index (χ3v) is 12.6. The lowest BCUT2D eigenvalue weighted by Crippen LogP contribution is -2.29. The fourth-order valence-corrected chi connectivity index (χ4v) is 8.00. The summed E-state index contributed by atoms with van der Waals surface area (Å²) in [6.07, 6.45) is 51.0. The number of hydrogen-bond acceptors (Lipinski definition) is 10. The highest BCUT2D eigenvalue weighted by Gasteiger charge is 2.36. The number of aliphatic hydroxyl groups excluding tert-OH is 2. The first-order valence-electron chi connectivity index (χ1n) is 25.8. The average molecular weight is 937 g/mol. The SMILES string of the molecule is CC/C=C\CC1OC1C/C=C\C/C=C\C/C=C\C/C=C\CCC(=O)OC[C@H](COP(=O)(O)OC[C@@H](O)CO)OC(=O)CCCCCCCCCCCCCCCCCCCCC(C)CC. The zero-order chi connectivity index (χ0) is 47.5. The number of unbranched alkanes of at least 4 members (excludes halogenated alkanes) is 17. The van der Waals surface area contributed by atoms with Crippen LogP contribution in [0.25, 0.3) is 0 Å². The van der Waals surface area contributed by atoms with Crippen LogP contribution in [-0.4, -0.2) is 77.9 Å². The van der Waals surface area contributed by atoms with Gasteiger partial charge in [-0.15, -0.1) is 0 Å². The lowest BCUT2D eigenvalue weighted by molar-refractivity contribution is -0.161. The highest BCUT2D eigenvalue weighted by molar-refractivity contribution is 7.47. The summed E-state index contributed by atoms with van der Waals surface area (Å²) in [5.41, 5.74) is 0. The minimum Gasteiger partial charge on any atom is -0.462 e. The van der Waals surface area contributed by atoms with Gasteiger partial charge in [0.2, 0.25) is 0 Å². The van der Waals surface area contributed by atoms with Crippen molar-refractivity contribution in [1.29, 1.82) is 0 Å². The van der Waals surface area contributed by atoms with Crippen LogP contribution in [0.4, 0.5) is 0 Å². The summed E-state index contributed by atoms with van der Waals surface area (Å²) >= 11 is 0. The zero-order valence-corrected chi connectivity index (χ0v) is 41.9. The average Bonchev–Trinajstić information content (AvgIpc) is 4.05. The summed E-state index contributed by atoms with van der Waals surface area (Å²) in [5.74, 6) is -0.134. The number of carbonyl (C=O) groups is 2. The molecule has 1 saturated heterocycles. The molecule has 0 bridgehead atoms. The molecule has 1 aliphatic heterocycles. The molecular formula is C53H93O11P. The summed E-state index contributed by atoms with van der Waals surface area (Å²) < 4.78 is 38.5. The number of allylic oxidation sites excluding steroid dienone is 8. The second-order valence-corrected chi connectivity index (χ2v) is 19.3. The van der Waals surface area contributed by atoms with Crippen molar-refractivity contribution in [2.45, 2.75) is 231 Å². The molecule has 1 heterocycles. The topological polar surface area (TPSA) is 161 Å². The summed E-state index contributed by atoms with van der Waals surface area (Å²) in [6, 6.07) is 0. The van der Waals surface area contributed by atoms with E-state index in [1.165, 1.54) is 103 Å². The molecule has 1 rings (SSSR count). The Hall–Kier alpha value is -2.37. The van der Waals surface area contributed by atoms with Gasteiger partial charge in [0.15, 0.2) is 6.10 Å². The molecule has 0 radical (unpaired) electrons. The van der Waals surface area contributed by atoms with E-state index in [2.05, 4.69) is 69.4 Å². The van der Waals surface area contributed by atoms with Crippen molar-refractivity contribution in [1.82, 2.24) is 0 Å². The first-order valence-corrected chi connectivity index (χ1v) is 27.3. The van der Waals surface area contributed by atoms with Crippen LogP contribution in [0.15, 0.2) is 60.8 Å². The Balaban J connectivity index is 2.21. The van der Waals surface area contributed by atoms with Crippen LogP contribution in [0.1, 0.15) is 207 Å². The van der Waals surface area contributed by atoms with E-state index in [1.807, 2.05) is 12.2 Å². The molecule has 0 aromatic heterocycles. The summed E-state index contributed by atoms with van der Waals surface area (Å²) in [4.78, 5) is 35.2. The number of carbonyl (C=O) groups excluding carboxylic acids is 2. The molecule has 11 nitrogen and oxygen atoms in total. The van der Waals surface area contributed by atoms with Gasteiger partial charge in [-0.05, 0) is 57.3 Å². The van der Waals surface area contributed by atoms with Gasteiger partial charge >= 0.3 is 19.8 Å². The highest BCUT2D eigenvalue weighted by Crippen LogP contribution is 2.43. The minimum atomic E-state index is -4.64. The van der Waals surface area contributed by atoms with E-state index < -0.39 is 51.8 Å². The summed E-state index contributed by atoms with van der Waals surface area (Å²) in [6.45, 7) is 4.59. The number of hydrogen-bond donors (Lipinski definition) is 3. The third kappa shape index (κ3) is 40.4. The molecule has 12 heteroatoms. The molecule has 0 aliphatic carbocycles. The van der Waals surface area contributed by atoms with Crippen LogP contribution in [0.3, 0.4) is 0 Å². The Kier molecular flexibility index (Phi) is 40.1. The number of aliphatic hydroxyl groups is 2. The molecule has 0 spiro atoms. The number of phosphoric acid groups is 1. The first kappa shape index (κ1) is 60.6. The highest BCUT2D eigenvalue weighted by atomic mass is 31.2. The summed E-state index contributed by atoms with van der Waals surface area (Å²) in [7, 11) is -4.64. The van der Waals surface area contributed by atoms with Gasteiger partial charge in [0.05, 0.1) is 32.0 Å². The van der Waals surface area contributed by atoms with Gasteiger partial charge in [0, 0.05) is 12.8 Å². The fourth-order valence-electron chi connectivity index (χ4n) is 7.21. The van der Waals surface area contributed by atoms with Gasteiger partial charge in [-0.1, -0.05) is 204 Å². The molecule has 65 heavy (non-hydrogen) atoms. The Labute approximate surface area is 395 Å². The summed E-state index contributed by atoms with van der Waals surface area (Å²) in [5, 5.41) is 18.4. The van der Waals surface area contributed by atoms with Crippen molar-refractivity contribution in [3.8, 4) is 0 Å². The minimum absolute atomic E-state index is 0.112. The van der Waals surface area contributed by atoms with E-state index in [0.29, 0.717) is 25.0 Å². The molecule has 0 aromatic carbocycles. The zero-order valence-electron chi connectivity index (χ0n) is 41.0. The van der Waals surface area contributed by atoms with E-state index in [0.717, 1.165) is 63.7 Å². The van der Waals surface area contributed by atoms with Crippen molar-refractivity contribution in [3.05, 3.63) is 60.8 Å². The van der Waals surface area contributed by atoms with E-state index >= 15 is 0 Å². The molecular weight excluding hydrogens is 844 g/mol. The van der Waals surface area contributed by atoms with E-state index in [-0.39, 0.29) is 19.4 Å². The van der Waals surface area contributed by atoms with Crippen molar-refractivity contribution in [2.75, 3.05) is 26.4 Å². The molecule has 376 valence electrons. The van der Waals surface area contributed by atoms with Gasteiger partial charge in [-0.3, -0.25) is 18.6 Å². The van der Waals surface area contributed by atoms with Crippen LogP contribution in [0.2, 0.25) is 0 Å².